The zero-order valence-corrected chi connectivity index (χ0v) is 10.1. The van der Waals surface area contributed by atoms with Crippen LogP contribution in [0.4, 0.5) is 10.5 Å². The van der Waals surface area contributed by atoms with Gasteiger partial charge in [0.1, 0.15) is 6.61 Å². The molecule has 1 heterocycles. The van der Waals surface area contributed by atoms with Crippen LogP contribution >= 0.6 is 0 Å². The molecule has 1 aromatic carbocycles. The maximum absolute atomic E-state index is 11.8. The van der Waals surface area contributed by atoms with Crippen LogP contribution in [0.15, 0.2) is 24.3 Å². The Morgan fingerprint density at radius 1 is 1.47 bits per heavy atom. The van der Waals surface area contributed by atoms with Gasteiger partial charge in [0.25, 0.3) is 0 Å². The number of para-hydroxylation sites is 1. The number of nitrogens with two attached hydrogens (primary N) is 1. The van der Waals surface area contributed by atoms with E-state index in [4.69, 9.17) is 10.5 Å². The Morgan fingerprint density at radius 3 is 2.94 bits per heavy atom. The summed E-state index contributed by atoms with van der Waals surface area (Å²) < 4.78 is 5.12. The van der Waals surface area contributed by atoms with Crippen molar-refractivity contribution in [3.05, 3.63) is 29.8 Å². The van der Waals surface area contributed by atoms with Gasteiger partial charge in [0.05, 0.1) is 11.7 Å². The number of carbonyl (C=O) groups excluding carboxylic acids is 1. The average Bonchev–Trinajstić information content (AvgIpc) is 2.71. The predicted octanol–water partition coefficient (Wildman–Crippen LogP) is 1.92. The number of amides is 1. The van der Waals surface area contributed by atoms with E-state index in [9.17, 15) is 4.79 Å². The van der Waals surface area contributed by atoms with Gasteiger partial charge in [-0.05, 0) is 31.0 Å². The summed E-state index contributed by atoms with van der Waals surface area (Å²) in [7, 11) is 0. The number of nitrogens with zero attached hydrogens (tertiary/aromatic N) is 1. The van der Waals surface area contributed by atoms with Gasteiger partial charge >= 0.3 is 6.09 Å². The fourth-order valence-corrected chi connectivity index (χ4v) is 2.21. The Morgan fingerprint density at radius 2 is 2.24 bits per heavy atom. The molecule has 1 aromatic rings. The van der Waals surface area contributed by atoms with Crippen LogP contribution in [-0.4, -0.2) is 25.3 Å². The van der Waals surface area contributed by atoms with E-state index in [0.29, 0.717) is 13.2 Å². The number of hydrogen-bond donors (Lipinski definition) is 1. The van der Waals surface area contributed by atoms with E-state index in [1.165, 1.54) is 0 Å². The molecule has 0 spiro atoms. The van der Waals surface area contributed by atoms with E-state index in [-0.39, 0.29) is 12.1 Å². The minimum Gasteiger partial charge on any atom is -0.447 e. The molecule has 17 heavy (non-hydrogen) atoms. The molecule has 0 aliphatic carbocycles. The number of rotatable bonds is 4. The van der Waals surface area contributed by atoms with E-state index in [1.54, 1.807) is 4.90 Å². The van der Waals surface area contributed by atoms with Crippen LogP contribution in [0, 0.1) is 0 Å². The summed E-state index contributed by atoms with van der Waals surface area (Å²) in [6.45, 7) is 3.08. The number of hydrogen-bond acceptors (Lipinski definition) is 3. The Hall–Kier alpha value is -1.55. The molecule has 4 nitrogen and oxygen atoms in total. The Labute approximate surface area is 101 Å². The summed E-state index contributed by atoms with van der Waals surface area (Å²) in [4.78, 5) is 13.5. The largest absolute Gasteiger partial charge is 0.447 e. The van der Waals surface area contributed by atoms with E-state index in [1.807, 2.05) is 24.3 Å². The first kappa shape index (κ1) is 11.9. The Bertz CT molecular complexity index is 406. The molecular formula is C13H18N2O2. The summed E-state index contributed by atoms with van der Waals surface area (Å²) >= 11 is 0. The number of cyclic esters (lactones) is 1. The molecule has 1 saturated heterocycles. The van der Waals surface area contributed by atoms with Crippen LogP contribution in [0.25, 0.3) is 0 Å². The van der Waals surface area contributed by atoms with Crippen LogP contribution < -0.4 is 10.6 Å². The molecule has 1 unspecified atom stereocenters. The van der Waals surface area contributed by atoms with Gasteiger partial charge in [-0.2, -0.15) is 0 Å². The number of carbonyl (C=O) groups is 1. The van der Waals surface area contributed by atoms with E-state index >= 15 is 0 Å². The van der Waals surface area contributed by atoms with Crippen molar-refractivity contribution in [1.82, 2.24) is 0 Å². The number of anilines is 1. The molecule has 0 aromatic heterocycles. The fraction of sp³-hybridized carbons (Fsp3) is 0.462. The fourth-order valence-electron chi connectivity index (χ4n) is 2.21. The average molecular weight is 234 g/mol. The molecule has 4 heteroatoms. The summed E-state index contributed by atoms with van der Waals surface area (Å²) in [6.07, 6.45) is 1.41. The highest BCUT2D eigenvalue weighted by atomic mass is 16.6. The highest BCUT2D eigenvalue weighted by Crippen LogP contribution is 2.28. The third-order valence-electron chi connectivity index (χ3n) is 3.09. The molecule has 1 fully saturated rings. The number of aryl methyl sites for hydroxylation is 1. The summed E-state index contributed by atoms with van der Waals surface area (Å²) in [6, 6.07) is 8.01. The van der Waals surface area contributed by atoms with Gasteiger partial charge in [-0.15, -0.1) is 0 Å². The Balaban J connectivity index is 2.32. The van der Waals surface area contributed by atoms with E-state index in [0.717, 1.165) is 24.1 Å². The lowest BCUT2D eigenvalue weighted by molar-refractivity contribution is 0.178. The molecule has 0 radical (unpaired) electrons. The summed E-state index contributed by atoms with van der Waals surface area (Å²) in [5, 5.41) is 0. The van der Waals surface area contributed by atoms with Gasteiger partial charge in [-0.25, -0.2) is 4.79 Å². The maximum atomic E-state index is 11.8. The van der Waals surface area contributed by atoms with Crippen molar-refractivity contribution in [3.63, 3.8) is 0 Å². The smallest absolute Gasteiger partial charge is 0.414 e. The molecule has 1 aliphatic heterocycles. The first-order valence-corrected chi connectivity index (χ1v) is 6.02. The molecule has 1 amide bonds. The molecule has 2 rings (SSSR count). The van der Waals surface area contributed by atoms with Gasteiger partial charge in [0.2, 0.25) is 0 Å². The zero-order chi connectivity index (χ0) is 12.3. The van der Waals surface area contributed by atoms with Crippen molar-refractivity contribution in [2.45, 2.75) is 25.8 Å². The predicted molar refractivity (Wildman–Crippen MR) is 67.1 cm³/mol. The van der Waals surface area contributed by atoms with E-state index < -0.39 is 0 Å². The number of benzene rings is 1. The van der Waals surface area contributed by atoms with Crippen molar-refractivity contribution >= 4 is 11.8 Å². The summed E-state index contributed by atoms with van der Waals surface area (Å²) in [5.74, 6) is 0. The second-order valence-electron chi connectivity index (χ2n) is 4.16. The third-order valence-corrected chi connectivity index (χ3v) is 3.09. The highest BCUT2D eigenvalue weighted by Gasteiger charge is 2.34. The van der Waals surface area contributed by atoms with Crippen molar-refractivity contribution in [2.24, 2.45) is 5.73 Å². The standard InChI is InChI=1S/C13H18N2O2/c1-2-10-5-3-4-6-12(10)15-11(7-8-14)9-17-13(15)16/h3-6,11H,2,7-9,14H2,1H3. The van der Waals surface area contributed by atoms with Crippen LogP contribution in [0.5, 0.6) is 0 Å². The SMILES string of the molecule is CCc1ccccc1N1C(=O)OCC1CCN. The molecule has 92 valence electrons. The lowest BCUT2D eigenvalue weighted by atomic mass is 10.1. The quantitative estimate of drug-likeness (QED) is 0.866. The molecule has 1 atom stereocenters. The minimum atomic E-state index is -0.260. The van der Waals surface area contributed by atoms with Gasteiger partial charge < -0.3 is 10.5 Å². The van der Waals surface area contributed by atoms with Gasteiger partial charge in [-0.1, -0.05) is 25.1 Å². The zero-order valence-electron chi connectivity index (χ0n) is 10.1. The van der Waals surface area contributed by atoms with Crippen molar-refractivity contribution in [3.8, 4) is 0 Å². The van der Waals surface area contributed by atoms with E-state index in [2.05, 4.69) is 6.92 Å². The lowest BCUT2D eigenvalue weighted by Crippen LogP contribution is -2.35. The maximum Gasteiger partial charge on any atom is 0.414 e. The van der Waals surface area contributed by atoms with Gasteiger partial charge in [0.15, 0.2) is 0 Å². The molecule has 0 saturated carbocycles. The lowest BCUT2D eigenvalue weighted by Gasteiger charge is -2.23. The van der Waals surface area contributed by atoms with Gasteiger partial charge in [0, 0.05) is 0 Å². The number of ether oxygens (including phenoxy) is 1. The first-order chi connectivity index (χ1) is 8.27. The van der Waals surface area contributed by atoms with Crippen molar-refractivity contribution in [1.29, 1.82) is 0 Å². The molecule has 1 aliphatic rings. The van der Waals surface area contributed by atoms with Crippen LogP contribution in [0.2, 0.25) is 0 Å². The molecule has 0 bridgehead atoms. The normalized spacial score (nSPS) is 19.5. The second-order valence-corrected chi connectivity index (χ2v) is 4.16. The van der Waals surface area contributed by atoms with Crippen LogP contribution in [0.3, 0.4) is 0 Å². The monoisotopic (exact) mass is 234 g/mol. The third kappa shape index (κ3) is 2.26. The minimum absolute atomic E-state index is 0.0696. The Kier molecular flexibility index (Phi) is 3.64. The second kappa shape index (κ2) is 5.19. The summed E-state index contributed by atoms with van der Waals surface area (Å²) in [5.41, 5.74) is 7.69. The molecular weight excluding hydrogens is 216 g/mol. The van der Waals surface area contributed by atoms with Crippen LogP contribution in [0.1, 0.15) is 18.9 Å². The first-order valence-electron chi connectivity index (χ1n) is 6.02. The van der Waals surface area contributed by atoms with Crippen LogP contribution in [-0.2, 0) is 11.2 Å². The molecule has 2 N–H and O–H groups in total. The topological polar surface area (TPSA) is 55.6 Å². The van der Waals surface area contributed by atoms with Gasteiger partial charge in [-0.3, -0.25) is 4.90 Å². The van der Waals surface area contributed by atoms with Crippen molar-refractivity contribution in [2.75, 3.05) is 18.1 Å². The van der Waals surface area contributed by atoms with Crippen molar-refractivity contribution < 1.29 is 9.53 Å². The highest BCUT2D eigenvalue weighted by molar-refractivity contribution is 5.91.